The van der Waals surface area contributed by atoms with Gasteiger partial charge in [0.1, 0.15) is 5.60 Å². The molecule has 0 aromatic carbocycles. The zero-order valence-electron chi connectivity index (χ0n) is 8.84. The van der Waals surface area contributed by atoms with E-state index in [1.54, 1.807) is 0 Å². The summed E-state index contributed by atoms with van der Waals surface area (Å²) in [6.45, 7) is 6.03. The van der Waals surface area contributed by atoms with Crippen LogP contribution in [-0.4, -0.2) is 11.3 Å². The van der Waals surface area contributed by atoms with Gasteiger partial charge in [-0.1, -0.05) is 31.2 Å². The number of allylic oxidation sites excluding steroid dienone is 1. The van der Waals surface area contributed by atoms with Crippen molar-refractivity contribution in [2.75, 3.05) is 0 Å². The van der Waals surface area contributed by atoms with Crippen molar-refractivity contribution in [2.24, 2.45) is 5.16 Å². The zero-order valence-corrected chi connectivity index (χ0v) is 8.84. The fraction of sp³-hybridized carbons (Fsp3) is 0.727. The molecule has 13 heavy (non-hydrogen) atoms. The van der Waals surface area contributed by atoms with E-state index in [0.29, 0.717) is 0 Å². The Bertz CT molecular complexity index is 220. The monoisotopic (exact) mass is 181 g/mol. The molecule has 0 N–H and O–H groups in total. The summed E-state index contributed by atoms with van der Waals surface area (Å²) in [7, 11) is 0. The molecule has 0 amide bonds. The third-order valence-corrected chi connectivity index (χ3v) is 2.40. The van der Waals surface area contributed by atoms with Gasteiger partial charge in [-0.2, -0.15) is 0 Å². The highest BCUT2D eigenvalue weighted by molar-refractivity contribution is 5.83. The first-order chi connectivity index (χ1) is 6.31. The molecule has 1 unspecified atom stereocenters. The lowest BCUT2D eigenvalue weighted by Crippen LogP contribution is -2.29. The Balaban J connectivity index is 0.000000396. The number of hydrogen-bond acceptors (Lipinski definition) is 2. The van der Waals surface area contributed by atoms with E-state index in [1.807, 2.05) is 20.8 Å². The summed E-state index contributed by atoms with van der Waals surface area (Å²) in [5.41, 5.74) is 1.19. The van der Waals surface area contributed by atoms with Crippen LogP contribution in [-0.2, 0) is 4.84 Å². The summed E-state index contributed by atoms with van der Waals surface area (Å²) in [4.78, 5) is 5.43. The van der Waals surface area contributed by atoms with Crippen LogP contribution in [0, 0.1) is 0 Å². The molecule has 2 aliphatic rings. The van der Waals surface area contributed by atoms with Gasteiger partial charge in [0, 0.05) is 12.8 Å². The molecule has 2 rings (SSSR count). The molecule has 1 spiro atoms. The quantitative estimate of drug-likeness (QED) is 0.525. The Hall–Kier alpha value is -0.790. The molecule has 1 atom stereocenters. The van der Waals surface area contributed by atoms with Crippen LogP contribution in [0.2, 0.25) is 0 Å². The minimum absolute atomic E-state index is 0.0544. The van der Waals surface area contributed by atoms with Crippen LogP contribution in [0.15, 0.2) is 17.3 Å². The van der Waals surface area contributed by atoms with Gasteiger partial charge in [-0.15, -0.1) is 0 Å². The second kappa shape index (κ2) is 4.45. The number of nitrogens with zero attached hydrogens (tertiary/aromatic N) is 1. The van der Waals surface area contributed by atoms with Crippen LogP contribution in [0.4, 0.5) is 0 Å². The summed E-state index contributed by atoms with van der Waals surface area (Å²) < 4.78 is 0. The third kappa shape index (κ3) is 2.33. The molecule has 2 heteroatoms. The molecular formula is C11H19NO. The Morgan fingerprint density at radius 2 is 2.15 bits per heavy atom. The summed E-state index contributed by atoms with van der Waals surface area (Å²) in [5, 5.41) is 4.00. The van der Waals surface area contributed by atoms with E-state index < -0.39 is 0 Å². The van der Waals surface area contributed by atoms with Crippen molar-refractivity contribution < 1.29 is 4.84 Å². The van der Waals surface area contributed by atoms with Crippen molar-refractivity contribution in [1.29, 1.82) is 0 Å². The SMILES string of the molecule is CC.CC1=NOC2(CC=CCC2)C1. The normalized spacial score (nSPS) is 30.5. The van der Waals surface area contributed by atoms with Crippen LogP contribution >= 0.6 is 0 Å². The van der Waals surface area contributed by atoms with Gasteiger partial charge >= 0.3 is 0 Å². The van der Waals surface area contributed by atoms with Crippen molar-refractivity contribution in [3.8, 4) is 0 Å². The topological polar surface area (TPSA) is 21.6 Å². The minimum Gasteiger partial charge on any atom is -0.389 e. The van der Waals surface area contributed by atoms with E-state index in [1.165, 1.54) is 0 Å². The number of rotatable bonds is 0. The lowest BCUT2D eigenvalue weighted by atomic mass is 9.86. The highest BCUT2D eigenvalue weighted by Crippen LogP contribution is 2.35. The van der Waals surface area contributed by atoms with E-state index >= 15 is 0 Å². The fourth-order valence-corrected chi connectivity index (χ4v) is 1.81. The summed E-state index contributed by atoms with van der Waals surface area (Å²) in [6.07, 6.45) is 8.76. The van der Waals surface area contributed by atoms with Gasteiger partial charge in [-0.05, 0) is 19.8 Å². The van der Waals surface area contributed by atoms with E-state index in [4.69, 9.17) is 4.84 Å². The first-order valence-electron chi connectivity index (χ1n) is 5.17. The molecule has 0 saturated carbocycles. The second-order valence-electron chi connectivity index (χ2n) is 3.49. The molecule has 0 aromatic rings. The van der Waals surface area contributed by atoms with Crippen LogP contribution in [0.3, 0.4) is 0 Å². The van der Waals surface area contributed by atoms with Crippen molar-refractivity contribution >= 4 is 5.71 Å². The third-order valence-electron chi connectivity index (χ3n) is 2.40. The Labute approximate surface area is 80.7 Å². The standard InChI is InChI=1S/C9H13NO.C2H6/c1-8-7-9(11-10-8)5-3-2-4-6-9;1-2/h2-3H,4-7H2,1H3;1-2H3. The van der Waals surface area contributed by atoms with Crippen LogP contribution in [0.1, 0.15) is 46.5 Å². The largest absolute Gasteiger partial charge is 0.389 e. The zero-order chi connectivity index (χ0) is 9.73. The number of oxime groups is 1. The first kappa shape index (κ1) is 10.3. The van der Waals surface area contributed by atoms with Gasteiger partial charge in [0.05, 0.1) is 5.71 Å². The van der Waals surface area contributed by atoms with Gasteiger partial charge in [0.15, 0.2) is 0 Å². The Morgan fingerprint density at radius 3 is 2.62 bits per heavy atom. The Kier molecular flexibility index (Phi) is 3.52. The van der Waals surface area contributed by atoms with Crippen molar-refractivity contribution in [3.63, 3.8) is 0 Å². The predicted octanol–water partition coefficient (Wildman–Crippen LogP) is 3.29. The summed E-state index contributed by atoms with van der Waals surface area (Å²) in [6, 6.07) is 0. The molecule has 0 bridgehead atoms. The molecule has 0 aromatic heterocycles. The van der Waals surface area contributed by atoms with Crippen LogP contribution in [0.5, 0.6) is 0 Å². The first-order valence-corrected chi connectivity index (χ1v) is 5.17. The highest BCUT2D eigenvalue weighted by atomic mass is 16.7. The van der Waals surface area contributed by atoms with Gasteiger partial charge in [0.2, 0.25) is 0 Å². The van der Waals surface area contributed by atoms with E-state index in [0.717, 1.165) is 31.4 Å². The van der Waals surface area contributed by atoms with Gasteiger partial charge in [-0.3, -0.25) is 0 Å². The van der Waals surface area contributed by atoms with Gasteiger partial charge in [-0.25, -0.2) is 0 Å². The average Bonchev–Trinajstić information content (AvgIpc) is 2.52. The summed E-state index contributed by atoms with van der Waals surface area (Å²) in [5.74, 6) is 0. The molecule has 1 aliphatic carbocycles. The lowest BCUT2D eigenvalue weighted by Gasteiger charge is -2.27. The molecule has 1 aliphatic heterocycles. The van der Waals surface area contributed by atoms with Crippen molar-refractivity contribution in [2.45, 2.75) is 52.1 Å². The molecule has 0 fully saturated rings. The lowest BCUT2D eigenvalue weighted by molar-refractivity contribution is -0.0248. The van der Waals surface area contributed by atoms with Crippen molar-refractivity contribution in [3.05, 3.63) is 12.2 Å². The molecule has 0 saturated heterocycles. The van der Waals surface area contributed by atoms with Crippen LogP contribution in [0.25, 0.3) is 0 Å². The molecule has 0 radical (unpaired) electrons. The molecule has 2 nitrogen and oxygen atoms in total. The molecule has 1 heterocycles. The van der Waals surface area contributed by atoms with Crippen molar-refractivity contribution in [1.82, 2.24) is 0 Å². The highest BCUT2D eigenvalue weighted by Gasteiger charge is 2.37. The second-order valence-corrected chi connectivity index (χ2v) is 3.49. The van der Waals surface area contributed by atoms with Gasteiger partial charge in [0.25, 0.3) is 0 Å². The fourth-order valence-electron chi connectivity index (χ4n) is 1.81. The Morgan fingerprint density at radius 1 is 1.38 bits per heavy atom. The number of hydrogen-bond donors (Lipinski definition) is 0. The predicted molar refractivity (Wildman–Crippen MR) is 55.9 cm³/mol. The molecular weight excluding hydrogens is 162 g/mol. The molecule has 74 valence electrons. The maximum atomic E-state index is 5.43. The average molecular weight is 181 g/mol. The van der Waals surface area contributed by atoms with E-state index in [-0.39, 0.29) is 5.60 Å². The van der Waals surface area contributed by atoms with Gasteiger partial charge < -0.3 is 4.84 Å². The van der Waals surface area contributed by atoms with E-state index in [2.05, 4.69) is 17.3 Å². The smallest absolute Gasteiger partial charge is 0.146 e. The van der Waals surface area contributed by atoms with Crippen LogP contribution < -0.4 is 0 Å². The minimum atomic E-state index is 0.0544. The maximum Gasteiger partial charge on any atom is 0.146 e. The van der Waals surface area contributed by atoms with E-state index in [9.17, 15) is 0 Å². The maximum absolute atomic E-state index is 5.43. The summed E-state index contributed by atoms with van der Waals surface area (Å²) >= 11 is 0.